The number of carbonyl (C=O) groups excluding carboxylic acids is 1. The number of piperazine rings is 1. The molecule has 0 spiro atoms. The third kappa shape index (κ3) is 5.22. The quantitative estimate of drug-likeness (QED) is 0.678. The summed E-state index contributed by atoms with van der Waals surface area (Å²) in [4.78, 5) is 16.5. The molecule has 1 aromatic carbocycles. The van der Waals surface area contributed by atoms with Gasteiger partial charge >= 0.3 is 0 Å². The zero-order valence-corrected chi connectivity index (χ0v) is 15.8. The molecular weight excluding hydrogens is 332 g/mol. The summed E-state index contributed by atoms with van der Waals surface area (Å²) in [5.74, 6) is 1.16. The molecule has 6 nitrogen and oxygen atoms in total. The Bertz CT molecular complexity index is 593. The fraction of sp³-hybridized carbons (Fsp3) is 0.550. The van der Waals surface area contributed by atoms with Gasteiger partial charge in [0, 0.05) is 32.2 Å². The number of aliphatic hydroxyl groups is 1. The number of benzene rings is 1. The molecule has 0 radical (unpaired) electrons. The number of methoxy groups -OCH3 is 1. The summed E-state index contributed by atoms with van der Waals surface area (Å²) in [5, 5.41) is 9.41. The van der Waals surface area contributed by atoms with Gasteiger partial charge in [-0.05, 0) is 30.5 Å². The van der Waals surface area contributed by atoms with E-state index in [9.17, 15) is 9.90 Å². The third-order valence-electron chi connectivity index (χ3n) is 4.82. The minimum absolute atomic E-state index is 0.00558. The summed E-state index contributed by atoms with van der Waals surface area (Å²) in [6, 6.07) is 5.86. The van der Waals surface area contributed by atoms with Crippen molar-refractivity contribution in [2.24, 2.45) is 0 Å². The normalized spacial score (nSPS) is 16.2. The van der Waals surface area contributed by atoms with Gasteiger partial charge in [-0.15, -0.1) is 6.58 Å². The summed E-state index contributed by atoms with van der Waals surface area (Å²) < 4.78 is 11.1. The molecule has 0 aliphatic carbocycles. The van der Waals surface area contributed by atoms with Crippen molar-refractivity contribution in [3.63, 3.8) is 0 Å². The number of allylic oxidation sites excluding steroid dienone is 1. The summed E-state index contributed by atoms with van der Waals surface area (Å²) in [6.45, 7) is 8.84. The highest BCUT2D eigenvalue weighted by Gasteiger charge is 2.25. The average molecular weight is 362 g/mol. The lowest BCUT2D eigenvalue weighted by Gasteiger charge is -2.38. The second kappa shape index (κ2) is 10.2. The third-order valence-corrected chi connectivity index (χ3v) is 4.82. The van der Waals surface area contributed by atoms with E-state index in [1.807, 2.05) is 29.2 Å². The van der Waals surface area contributed by atoms with E-state index in [0.29, 0.717) is 24.6 Å². The van der Waals surface area contributed by atoms with E-state index in [0.717, 1.165) is 31.5 Å². The lowest BCUT2D eigenvalue weighted by Crippen LogP contribution is -2.53. The Morgan fingerprint density at radius 1 is 1.31 bits per heavy atom. The van der Waals surface area contributed by atoms with Gasteiger partial charge in [-0.25, -0.2) is 0 Å². The Labute approximate surface area is 156 Å². The van der Waals surface area contributed by atoms with Gasteiger partial charge in [0.05, 0.1) is 13.7 Å². The number of hydrogen-bond acceptors (Lipinski definition) is 5. The van der Waals surface area contributed by atoms with Crippen LogP contribution in [0.3, 0.4) is 0 Å². The van der Waals surface area contributed by atoms with Crippen LogP contribution in [0.15, 0.2) is 30.9 Å². The molecule has 1 N–H and O–H groups in total. The van der Waals surface area contributed by atoms with Crippen molar-refractivity contribution in [1.29, 1.82) is 0 Å². The Hall–Kier alpha value is -2.05. The van der Waals surface area contributed by atoms with Gasteiger partial charge in [0.1, 0.15) is 0 Å². The Morgan fingerprint density at radius 3 is 2.62 bits per heavy atom. The van der Waals surface area contributed by atoms with Crippen LogP contribution in [0, 0.1) is 0 Å². The van der Waals surface area contributed by atoms with E-state index in [-0.39, 0.29) is 25.2 Å². The van der Waals surface area contributed by atoms with E-state index in [1.165, 1.54) is 0 Å². The molecule has 0 saturated carbocycles. The van der Waals surface area contributed by atoms with E-state index in [1.54, 1.807) is 7.11 Å². The van der Waals surface area contributed by atoms with Gasteiger partial charge in [-0.2, -0.15) is 0 Å². The molecule has 144 valence electrons. The van der Waals surface area contributed by atoms with E-state index in [4.69, 9.17) is 9.47 Å². The fourth-order valence-corrected chi connectivity index (χ4v) is 3.19. The van der Waals surface area contributed by atoms with Crippen molar-refractivity contribution >= 4 is 5.91 Å². The van der Waals surface area contributed by atoms with Crippen molar-refractivity contribution in [2.75, 3.05) is 46.5 Å². The maximum absolute atomic E-state index is 12.4. The van der Waals surface area contributed by atoms with Crippen LogP contribution in [-0.4, -0.2) is 73.4 Å². The topological polar surface area (TPSA) is 62.2 Å². The lowest BCUT2D eigenvalue weighted by atomic mass is 10.1. The molecule has 26 heavy (non-hydrogen) atoms. The minimum atomic E-state index is -0.0288. The smallest absolute Gasteiger partial charge is 0.260 e. The van der Waals surface area contributed by atoms with Crippen LogP contribution in [0.4, 0.5) is 0 Å². The highest BCUT2D eigenvalue weighted by Crippen LogP contribution is 2.28. The Kier molecular flexibility index (Phi) is 7.94. The van der Waals surface area contributed by atoms with Gasteiger partial charge < -0.3 is 19.5 Å². The zero-order chi connectivity index (χ0) is 18.9. The number of carbonyl (C=O) groups is 1. The first kappa shape index (κ1) is 20.3. The van der Waals surface area contributed by atoms with E-state index >= 15 is 0 Å². The van der Waals surface area contributed by atoms with Crippen molar-refractivity contribution in [3.05, 3.63) is 36.4 Å². The first-order valence-corrected chi connectivity index (χ1v) is 9.16. The summed E-state index contributed by atoms with van der Waals surface area (Å²) in [6.07, 6.45) is 3.50. The molecule has 0 aromatic heterocycles. The molecule has 6 heteroatoms. The average Bonchev–Trinajstić information content (AvgIpc) is 2.68. The maximum atomic E-state index is 12.4. The molecule has 1 saturated heterocycles. The van der Waals surface area contributed by atoms with Crippen molar-refractivity contribution in [2.45, 2.75) is 25.8 Å². The van der Waals surface area contributed by atoms with Crippen molar-refractivity contribution in [3.8, 4) is 11.5 Å². The number of amides is 1. The fourth-order valence-electron chi connectivity index (χ4n) is 3.19. The first-order chi connectivity index (χ1) is 12.6. The van der Waals surface area contributed by atoms with Crippen LogP contribution in [0.1, 0.15) is 18.9 Å². The second-order valence-electron chi connectivity index (χ2n) is 6.43. The van der Waals surface area contributed by atoms with Crippen molar-refractivity contribution in [1.82, 2.24) is 9.80 Å². The van der Waals surface area contributed by atoms with Gasteiger partial charge in [0.25, 0.3) is 5.91 Å². The van der Waals surface area contributed by atoms with Crippen LogP contribution in [-0.2, 0) is 11.2 Å². The highest BCUT2D eigenvalue weighted by molar-refractivity contribution is 5.78. The molecule has 1 aliphatic rings. The summed E-state index contributed by atoms with van der Waals surface area (Å²) >= 11 is 0. The molecule has 2 rings (SSSR count). The molecule has 1 atom stereocenters. The van der Waals surface area contributed by atoms with Gasteiger partial charge in [0.15, 0.2) is 18.1 Å². The molecule has 0 bridgehead atoms. The number of ether oxygens (including phenoxy) is 2. The number of hydrogen-bond donors (Lipinski definition) is 1. The zero-order valence-electron chi connectivity index (χ0n) is 15.8. The second-order valence-corrected chi connectivity index (χ2v) is 6.43. The van der Waals surface area contributed by atoms with Gasteiger partial charge in [-0.3, -0.25) is 9.69 Å². The standard InChI is InChI=1S/C20H30N2O4/c1-4-6-16-7-8-18(19(13-16)25-3)26-15-20(24)22-11-9-21(10-12-22)17(5-2)14-23/h4,7-8,13,17,23H,1,5-6,9-12,14-15H2,2-3H3/t17-/m1/s1. The minimum Gasteiger partial charge on any atom is -0.493 e. The first-order valence-electron chi connectivity index (χ1n) is 9.16. The van der Waals surface area contributed by atoms with Crippen LogP contribution < -0.4 is 9.47 Å². The molecule has 1 aliphatic heterocycles. The van der Waals surface area contributed by atoms with Crippen LogP contribution in [0.5, 0.6) is 11.5 Å². The Balaban J connectivity index is 1.86. The van der Waals surface area contributed by atoms with Gasteiger partial charge in [0.2, 0.25) is 0 Å². The number of aliphatic hydroxyl groups excluding tert-OH is 1. The van der Waals surface area contributed by atoms with Gasteiger partial charge in [-0.1, -0.05) is 19.1 Å². The summed E-state index contributed by atoms with van der Waals surface area (Å²) in [7, 11) is 1.59. The van der Waals surface area contributed by atoms with Crippen molar-refractivity contribution < 1.29 is 19.4 Å². The maximum Gasteiger partial charge on any atom is 0.260 e. The molecule has 0 unspecified atom stereocenters. The predicted octanol–water partition coefficient (Wildman–Crippen LogP) is 1.72. The van der Waals surface area contributed by atoms with E-state index in [2.05, 4.69) is 18.4 Å². The number of rotatable bonds is 9. The molecular formula is C20H30N2O4. The largest absolute Gasteiger partial charge is 0.493 e. The van der Waals surface area contributed by atoms with Crippen LogP contribution >= 0.6 is 0 Å². The summed E-state index contributed by atoms with van der Waals surface area (Å²) in [5.41, 5.74) is 1.08. The number of nitrogens with zero attached hydrogens (tertiary/aromatic N) is 2. The highest BCUT2D eigenvalue weighted by atomic mass is 16.5. The SMILES string of the molecule is C=CCc1ccc(OCC(=O)N2CCN([C@H](CC)CO)CC2)c(OC)c1. The molecule has 1 heterocycles. The van der Waals surface area contributed by atoms with Crippen LogP contribution in [0.25, 0.3) is 0 Å². The van der Waals surface area contributed by atoms with Crippen LogP contribution in [0.2, 0.25) is 0 Å². The molecule has 1 fully saturated rings. The molecule has 1 aromatic rings. The predicted molar refractivity (Wildman–Crippen MR) is 102 cm³/mol. The lowest BCUT2D eigenvalue weighted by molar-refractivity contribution is -0.135. The monoisotopic (exact) mass is 362 g/mol. The molecule has 1 amide bonds. The van der Waals surface area contributed by atoms with E-state index < -0.39 is 0 Å². The Morgan fingerprint density at radius 2 is 2.04 bits per heavy atom.